The van der Waals surface area contributed by atoms with E-state index in [4.69, 9.17) is 5.73 Å². The summed E-state index contributed by atoms with van der Waals surface area (Å²) in [5, 5.41) is 0. The summed E-state index contributed by atoms with van der Waals surface area (Å²) in [6.45, 7) is 5.54. The van der Waals surface area contributed by atoms with E-state index in [0.29, 0.717) is 5.41 Å². The molecule has 0 bridgehead atoms. The van der Waals surface area contributed by atoms with Crippen molar-refractivity contribution in [2.24, 2.45) is 17.1 Å². The summed E-state index contributed by atoms with van der Waals surface area (Å²) in [6, 6.07) is 0. The zero-order valence-electron chi connectivity index (χ0n) is 7.19. The van der Waals surface area contributed by atoms with Crippen LogP contribution >= 0.6 is 0 Å². The van der Waals surface area contributed by atoms with Crippen molar-refractivity contribution in [3.8, 4) is 0 Å². The molecule has 0 aromatic heterocycles. The molecule has 0 aromatic rings. The minimum Gasteiger partial charge on any atom is -0.330 e. The minimum atomic E-state index is 0.457. The van der Waals surface area contributed by atoms with Gasteiger partial charge in [0, 0.05) is 0 Å². The Kier molecular flexibility index (Phi) is 2.35. The molecule has 1 aliphatic carbocycles. The third-order valence-electron chi connectivity index (χ3n) is 3.29. The predicted molar refractivity (Wildman–Crippen MR) is 44.8 cm³/mol. The zero-order chi connectivity index (χ0) is 7.61. The second kappa shape index (κ2) is 2.91. The predicted octanol–water partition coefficient (Wildman–Crippen LogP) is 2.16. The third kappa shape index (κ3) is 1.34. The lowest BCUT2D eigenvalue weighted by Gasteiger charge is -2.38. The monoisotopic (exact) mass is 141 g/mol. The molecule has 0 radical (unpaired) electrons. The highest BCUT2D eigenvalue weighted by atomic mass is 14.6. The van der Waals surface area contributed by atoms with Crippen LogP contribution in [0, 0.1) is 11.3 Å². The third-order valence-corrected chi connectivity index (χ3v) is 3.29. The first-order valence-electron chi connectivity index (χ1n) is 4.39. The summed E-state index contributed by atoms with van der Waals surface area (Å²) >= 11 is 0. The molecule has 1 saturated carbocycles. The summed E-state index contributed by atoms with van der Waals surface area (Å²) in [5.74, 6) is 0.839. The lowest BCUT2D eigenvalue weighted by molar-refractivity contribution is 0.140. The minimum absolute atomic E-state index is 0.457. The van der Waals surface area contributed by atoms with Gasteiger partial charge >= 0.3 is 0 Å². The van der Waals surface area contributed by atoms with Crippen LogP contribution in [0.4, 0.5) is 0 Å². The van der Waals surface area contributed by atoms with Gasteiger partial charge in [-0.05, 0) is 24.3 Å². The molecule has 0 unspecified atom stereocenters. The molecule has 1 aliphatic rings. The number of rotatable bonds is 1. The van der Waals surface area contributed by atoms with E-state index >= 15 is 0 Å². The van der Waals surface area contributed by atoms with Crippen LogP contribution in [0.2, 0.25) is 0 Å². The molecule has 60 valence electrons. The molecular formula is C9H19N. The maximum atomic E-state index is 5.73. The molecule has 10 heavy (non-hydrogen) atoms. The van der Waals surface area contributed by atoms with Crippen molar-refractivity contribution in [3.05, 3.63) is 0 Å². The standard InChI is InChI=1S/C9H19N/c1-8-5-3-4-6-9(8,2)7-10/h8H,3-7,10H2,1-2H3/t8-,9+/m1/s1. The van der Waals surface area contributed by atoms with E-state index in [2.05, 4.69) is 13.8 Å². The first-order valence-corrected chi connectivity index (χ1v) is 4.39. The quantitative estimate of drug-likeness (QED) is 0.595. The smallest absolute Gasteiger partial charge is 0.00206 e. The van der Waals surface area contributed by atoms with Gasteiger partial charge in [-0.15, -0.1) is 0 Å². The first-order chi connectivity index (χ1) is 4.69. The fraction of sp³-hybridized carbons (Fsp3) is 1.00. The summed E-state index contributed by atoms with van der Waals surface area (Å²) in [5.41, 5.74) is 6.18. The molecule has 0 spiro atoms. The molecule has 1 nitrogen and oxygen atoms in total. The molecule has 0 saturated heterocycles. The first kappa shape index (κ1) is 8.06. The van der Waals surface area contributed by atoms with Gasteiger partial charge in [0.1, 0.15) is 0 Å². The van der Waals surface area contributed by atoms with Gasteiger partial charge in [0.05, 0.1) is 0 Å². The van der Waals surface area contributed by atoms with Crippen LogP contribution in [0.1, 0.15) is 39.5 Å². The van der Waals surface area contributed by atoms with Crippen LogP contribution in [-0.2, 0) is 0 Å². The second-order valence-electron chi connectivity index (χ2n) is 4.00. The molecule has 1 fully saturated rings. The van der Waals surface area contributed by atoms with Crippen LogP contribution < -0.4 is 5.73 Å². The van der Waals surface area contributed by atoms with Crippen molar-refractivity contribution in [2.45, 2.75) is 39.5 Å². The fourth-order valence-corrected chi connectivity index (χ4v) is 1.88. The molecule has 2 N–H and O–H groups in total. The van der Waals surface area contributed by atoms with Gasteiger partial charge < -0.3 is 5.73 Å². The Morgan fingerprint density at radius 1 is 1.50 bits per heavy atom. The SMILES string of the molecule is C[C@@H]1CCCC[C@@]1(C)CN. The molecule has 2 atom stereocenters. The highest BCUT2D eigenvalue weighted by Gasteiger charge is 2.31. The van der Waals surface area contributed by atoms with Crippen molar-refractivity contribution in [2.75, 3.05) is 6.54 Å². The average Bonchev–Trinajstić information content (AvgIpc) is 1.96. The lowest BCUT2D eigenvalue weighted by atomic mass is 9.68. The van der Waals surface area contributed by atoms with Crippen LogP contribution in [-0.4, -0.2) is 6.54 Å². The van der Waals surface area contributed by atoms with Crippen molar-refractivity contribution in [1.82, 2.24) is 0 Å². The number of nitrogens with two attached hydrogens (primary N) is 1. The highest BCUT2D eigenvalue weighted by molar-refractivity contribution is 4.84. The van der Waals surface area contributed by atoms with E-state index in [0.717, 1.165) is 12.5 Å². The largest absolute Gasteiger partial charge is 0.330 e. The van der Waals surface area contributed by atoms with Gasteiger partial charge in [0.15, 0.2) is 0 Å². The normalized spacial score (nSPS) is 41.7. The summed E-state index contributed by atoms with van der Waals surface area (Å²) in [6.07, 6.45) is 5.52. The van der Waals surface area contributed by atoms with E-state index in [9.17, 15) is 0 Å². The summed E-state index contributed by atoms with van der Waals surface area (Å²) in [4.78, 5) is 0. The zero-order valence-corrected chi connectivity index (χ0v) is 7.19. The van der Waals surface area contributed by atoms with E-state index in [1.54, 1.807) is 0 Å². The van der Waals surface area contributed by atoms with E-state index in [-0.39, 0.29) is 0 Å². The Bertz CT molecular complexity index is 111. The second-order valence-corrected chi connectivity index (χ2v) is 4.00. The fourth-order valence-electron chi connectivity index (χ4n) is 1.88. The topological polar surface area (TPSA) is 26.0 Å². The summed E-state index contributed by atoms with van der Waals surface area (Å²) < 4.78 is 0. The highest BCUT2D eigenvalue weighted by Crippen LogP contribution is 2.39. The molecule has 0 aromatic carbocycles. The van der Waals surface area contributed by atoms with E-state index in [1.807, 2.05) is 0 Å². The van der Waals surface area contributed by atoms with Gasteiger partial charge in [0.2, 0.25) is 0 Å². The maximum absolute atomic E-state index is 5.73. The Balaban J connectivity index is 2.54. The van der Waals surface area contributed by atoms with Gasteiger partial charge in [-0.1, -0.05) is 33.1 Å². The average molecular weight is 141 g/mol. The van der Waals surface area contributed by atoms with E-state index < -0.39 is 0 Å². The van der Waals surface area contributed by atoms with Gasteiger partial charge in [0.25, 0.3) is 0 Å². The maximum Gasteiger partial charge on any atom is -0.00206 e. The molecule has 0 aliphatic heterocycles. The van der Waals surface area contributed by atoms with Crippen molar-refractivity contribution in [3.63, 3.8) is 0 Å². The van der Waals surface area contributed by atoms with E-state index in [1.165, 1.54) is 25.7 Å². The summed E-state index contributed by atoms with van der Waals surface area (Å²) in [7, 11) is 0. The Morgan fingerprint density at radius 2 is 2.20 bits per heavy atom. The van der Waals surface area contributed by atoms with Crippen molar-refractivity contribution in [1.29, 1.82) is 0 Å². The van der Waals surface area contributed by atoms with Crippen LogP contribution in [0.3, 0.4) is 0 Å². The molecule has 0 heterocycles. The number of hydrogen-bond donors (Lipinski definition) is 1. The van der Waals surface area contributed by atoms with Crippen LogP contribution in [0.15, 0.2) is 0 Å². The van der Waals surface area contributed by atoms with Gasteiger partial charge in [-0.2, -0.15) is 0 Å². The Hall–Kier alpha value is -0.0400. The van der Waals surface area contributed by atoms with Crippen molar-refractivity contribution >= 4 is 0 Å². The lowest BCUT2D eigenvalue weighted by Crippen LogP contribution is -2.36. The van der Waals surface area contributed by atoms with Crippen molar-refractivity contribution < 1.29 is 0 Å². The number of hydrogen-bond acceptors (Lipinski definition) is 1. The van der Waals surface area contributed by atoms with Gasteiger partial charge in [-0.25, -0.2) is 0 Å². The molecular weight excluding hydrogens is 122 g/mol. The molecule has 0 amide bonds. The Labute approximate surface area is 64.0 Å². The van der Waals surface area contributed by atoms with Crippen LogP contribution in [0.25, 0.3) is 0 Å². The van der Waals surface area contributed by atoms with Crippen LogP contribution in [0.5, 0.6) is 0 Å². The van der Waals surface area contributed by atoms with Gasteiger partial charge in [-0.3, -0.25) is 0 Å². The Morgan fingerprint density at radius 3 is 2.60 bits per heavy atom. The molecule has 1 heteroatoms. The molecule has 1 rings (SSSR count).